The first-order valence-electron chi connectivity index (χ1n) is 7.10. The summed E-state index contributed by atoms with van der Waals surface area (Å²) in [5.74, 6) is 0.747. The largest absolute Gasteiger partial charge is 0.364 e. The molecular weight excluding hydrogens is 222 g/mol. The average Bonchev–Trinajstić information content (AvgIpc) is 2.39. The highest BCUT2D eigenvalue weighted by atomic mass is 15.2. The summed E-state index contributed by atoms with van der Waals surface area (Å²) in [6.45, 7) is 9.04. The van der Waals surface area contributed by atoms with E-state index < -0.39 is 0 Å². The fourth-order valence-corrected chi connectivity index (χ4v) is 2.80. The summed E-state index contributed by atoms with van der Waals surface area (Å²) >= 11 is 0. The maximum atomic E-state index is 4.25. The highest BCUT2D eigenvalue weighted by molar-refractivity contribution is 5.45. The molecule has 1 aliphatic rings. The number of nitrogens with zero attached hydrogens (tertiary/aromatic N) is 2. The topological polar surface area (TPSA) is 28.2 Å². The maximum Gasteiger partial charge on any atom is 0.0556 e. The van der Waals surface area contributed by atoms with Crippen LogP contribution in [0.4, 0.5) is 5.69 Å². The molecule has 1 N–H and O–H groups in total. The second-order valence-electron chi connectivity index (χ2n) is 5.66. The lowest BCUT2D eigenvalue weighted by atomic mass is 9.98. The molecule has 2 heterocycles. The van der Waals surface area contributed by atoms with Crippen molar-refractivity contribution in [2.24, 2.45) is 5.92 Å². The van der Waals surface area contributed by atoms with E-state index in [4.69, 9.17) is 0 Å². The van der Waals surface area contributed by atoms with Gasteiger partial charge in [-0.25, -0.2) is 0 Å². The van der Waals surface area contributed by atoms with E-state index in [1.54, 1.807) is 0 Å². The normalized spacial score (nSPS) is 24.6. The average molecular weight is 247 g/mol. The Balaban J connectivity index is 2.08. The predicted molar refractivity (Wildman–Crippen MR) is 76.9 cm³/mol. The molecule has 100 valence electrons. The first kappa shape index (κ1) is 13.3. The maximum absolute atomic E-state index is 4.25. The van der Waals surface area contributed by atoms with Crippen LogP contribution in [-0.4, -0.2) is 30.2 Å². The summed E-state index contributed by atoms with van der Waals surface area (Å²) in [4.78, 5) is 6.78. The lowest BCUT2D eigenvalue weighted by Crippen LogP contribution is -2.56. The van der Waals surface area contributed by atoms with Crippen LogP contribution in [0.1, 0.15) is 33.6 Å². The lowest BCUT2D eigenvalue weighted by Gasteiger charge is -2.42. The highest BCUT2D eigenvalue weighted by Gasteiger charge is 2.27. The fraction of sp³-hybridized carbons (Fsp3) is 0.667. The van der Waals surface area contributed by atoms with E-state index in [0.717, 1.165) is 19.0 Å². The minimum atomic E-state index is 0.595. The molecule has 2 rings (SSSR count). The van der Waals surface area contributed by atoms with Crippen LogP contribution in [0, 0.1) is 5.92 Å². The Kier molecular flexibility index (Phi) is 4.59. The number of aromatic nitrogens is 1. The van der Waals surface area contributed by atoms with Gasteiger partial charge in [-0.05, 0) is 30.9 Å². The summed E-state index contributed by atoms with van der Waals surface area (Å²) in [7, 11) is 0. The zero-order valence-electron chi connectivity index (χ0n) is 11.8. The summed E-state index contributed by atoms with van der Waals surface area (Å²) in [5, 5.41) is 3.69. The van der Waals surface area contributed by atoms with Crippen molar-refractivity contribution in [3.63, 3.8) is 0 Å². The molecule has 0 radical (unpaired) electrons. The van der Waals surface area contributed by atoms with E-state index in [1.165, 1.54) is 18.5 Å². The van der Waals surface area contributed by atoms with Crippen molar-refractivity contribution < 1.29 is 0 Å². The van der Waals surface area contributed by atoms with Crippen LogP contribution < -0.4 is 10.2 Å². The van der Waals surface area contributed by atoms with E-state index in [9.17, 15) is 0 Å². The number of anilines is 1. The predicted octanol–water partition coefficient (Wildman–Crippen LogP) is 2.68. The summed E-state index contributed by atoms with van der Waals surface area (Å²) in [6.07, 6.45) is 6.25. The van der Waals surface area contributed by atoms with Gasteiger partial charge in [-0.15, -0.1) is 0 Å². The Bertz CT molecular complexity index is 350. The van der Waals surface area contributed by atoms with Crippen LogP contribution in [0.2, 0.25) is 0 Å². The van der Waals surface area contributed by atoms with Gasteiger partial charge in [-0.3, -0.25) is 4.98 Å². The minimum Gasteiger partial charge on any atom is -0.364 e. The van der Waals surface area contributed by atoms with Crippen LogP contribution >= 0.6 is 0 Å². The van der Waals surface area contributed by atoms with E-state index in [0.29, 0.717) is 12.1 Å². The standard InChI is InChI=1S/C15H25N3/c1-4-14-10-17-13(8-12(2)3)11-18(14)15-6-5-7-16-9-15/h5-7,9,12-14,17H,4,8,10-11H2,1-3H3. The van der Waals surface area contributed by atoms with Crippen LogP contribution in [0.25, 0.3) is 0 Å². The first-order chi connectivity index (χ1) is 8.70. The third-order valence-corrected chi connectivity index (χ3v) is 3.70. The summed E-state index contributed by atoms with van der Waals surface area (Å²) in [6, 6.07) is 5.40. The second kappa shape index (κ2) is 6.19. The molecule has 1 fully saturated rings. The van der Waals surface area contributed by atoms with Crippen molar-refractivity contribution in [3.8, 4) is 0 Å². The van der Waals surface area contributed by atoms with E-state index >= 15 is 0 Å². The molecule has 2 atom stereocenters. The fourth-order valence-electron chi connectivity index (χ4n) is 2.80. The van der Waals surface area contributed by atoms with Crippen molar-refractivity contribution in [1.29, 1.82) is 0 Å². The SMILES string of the molecule is CCC1CNC(CC(C)C)CN1c1cccnc1. The van der Waals surface area contributed by atoms with Crippen LogP contribution in [0.3, 0.4) is 0 Å². The van der Waals surface area contributed by atoms with E-state index in [-0.39, 0.29) is 0 Å². The molecule has 0 saturated carbocycles. The molecule has 1 aromatic heterocycles. The minimum absolute atomic E-state index is 0.595. The highest BCUT2D eigenvalue weighted by Crippen LogP contribution is 2.22. The van der Waals surface area contributed by atoms with Gasteiger partial charge in [0.15, 0.2) is 0 Å². The zero-order valence-corrected chi connectivity index (χ0v) is 11.8. The van der Waals surface area contributed by atoms with Gasteiger partial charge in [0.05, 0.1) is 11.9 Å². The Morgan fingerprint density at radius 3 is 2.94 bits per heavy atom. The van der Waals surface area contributed by atoms with Crippen molar-refractivity contribution in [1.82, 2.24) is 10.3 Å². The Morgan fingerprint density at radius 1 is 1.50 bits per heavy atom. The molecular formula is C15H25N3. The van der Waals surface area contributed by atoms with Gasteiger partial charge in [0, 0.05) is 31.4 Å². The third-order valence-electron chi connectivity index (χ3n) is 3.70. The molecule has 0 aliphatic carbocycles. The number of hydrogen-bond donors (Lipinski definition) is 1. The van der Waals surface area contributed by atoms with Gasteiger partial charge >= 0.3 is 0 Å². The second-order valence-corrected chi connectivity index (χ2v) is 5.66. The zero-order chi connectivity index (χ0) is 13.0. The van der Waals surface area contributed by atoms with Gasteiger partial charge in [0.2, 0.25) is 0 Å². The lowest BCUT2D eigenvalue weighted by molar-refractivity contribution is 0.343. The molecule has 2 unspecified atom stereocenters. The number of hydrogen-bond acceptors (Lipinski definition) is 3. The number of rotatable bonds is 4. The number of pyridine rings is 1. The Labute approximate surface area is 111 Å². The molecule has 0 aromatic carbocycles. The smallest absolute Gasteiger partial charge is 0.0556 e. The van der Waals surface area contributed by atoms with Crippen LogP contribution in [-0.2, 0) is 0 Å². The molecule has 1 saturated heterocycles. The van der Waals surface area contributed by atoms with Gasteiger partial charge in [0.25, 0.3) is 0 Å². The van der Waals surface area contributed by atoms with Gasteiger partial charge in [0.1, 0.15) is 0 Å². The van der Waals surface area contributed by atoms with E-state index in [2.05, 4.69) is 42.0 Å². The van der Waals surface area contributed by atoms with Crippen molar-refractivity contribution in [3.05, 3.63) is 24.5 Å². The summed E-state index contributed by atoms with van der Waals surface area (Å²) in [5.41, 5.74) is 1.26. The first-order valence-corrected chi connectivity index (χ1v) is 7.10. The van der Waals surface area contributed by atoms with Gasteiger partial charge < -0.3 is 10.2 Å². The Hall–Kier alpha value is -1.09. The number of piperazine rings is 1. The van der Waals surface area contributed by atoms with Crippen molar-refractivity contribution in [2.75, 3.05) is 18.0 Å². The van der Waals surface area contributed by atoms with Gasteiger partial charge in [-0.2, -0.15) is 0 Å². The van der Waals surface area contributed by atoms with Crippen molar-refractivity contribution >= 4 is 5.69 Å². The third kappa shape index (κ3) is 3.22. The van der Waals surface area contributed by atoms with E-state index in [1.807, 2.05) is 18.5 Å². The molecule has 18 heavy (non-hydrogen) atoms. The van der Waals surface area contributed by atoms with Crippen molar-refractivity contribution in [2.45, 2.75) is 45.7 Å². The van der Waals surface area contributed by atoms with Crippen LogP contribution in [0.5, 0.6) is 0 Å². The van der Waals surface area contributed by atoms with Crippen LogP contribution in [0.15, 0.2) is 24.5 Å². The molecule has 3 heteroatoms. The monoisotopic (exact) mass is 247 g/mol. The quantitative estimate of drug-likeness (QED) is 0.886. The number of nitrogens with one attached hydrogen (secondary N) is 1. The van der Waals surface area contributed by atoms with Gasteiger partial charge in [-0.1, -0.05) is 20.8 Å². The molecule has 0 amide bonds. The molecule has 0 spiro atoms. The molecule has 1 aromatic rings. The molecule has 1 aliphatic heterocycles. The molecule has 3 nitrogen and oxygen atoms in total. The Morgan fingerprint density at radius 2 is 2.33 bits per heavy atom. The summed E-state index contributed by atoms with van der Waals surface area (Å²) < 4.78 is 0. The molecule has 0 bridgehead atoms.